The van der Waals surface area contributed by atoms with E-state index in [1.807, 2.05) is 11.8 Å². The Balaban J connectivity index is 1.68. The first-order valence-corrected chi connectivity index (χ1v) is 11.2. The van der Waals surface area contributed by atoms with E-state index in [0.717, 1.165) is 48.5 Å². The van der Waals surface area contributed by atoms with Crippen LogP contribution in [0.2, 0.25) is 0 Å². The van der Waals surface area contributed by atoms with Gasteiger partial charge in [-0.1, -0.05) is 29.8 Å². The largest absolute Gasteiger partial charge is 0.363 e. The van der Waals surface area contributed by atoms with Gasteiger partial charge < -0.3 is 10.2 Å². The van der Waals surface area contributed by atoms with E-state index in [0.29, 0.717) is 5.92 Å². The third kappa shape index (κ3) is 4.55. The standard InChI is InChI=1S/C26H32N4O/c1-16-7-6-8-22(13-16)18(3)27-26-24-15-23(17(2)14-25(24)28-19(4)29-26)21-9-11-30(12-10-21)20(5)31/h6-8,13-15,18,21H,9-12H2,1-5H3,(H,27,28,29)/t18-/m0/s1. The van der Waals surface area contributed by atoms with Gasteiger partial charge in [0.25, 0.3) is 0 Å². The fourth-order valence-corrected chi connectivity index (χ4v) is 4.70. The van der Waals surface area contributed by atoms with Crippen LogP contribution < -0.4 is 5.32 Å². The molecule has 1 saturated heterocycles. The van der Waals surface area contributed by atoms with Gasteiger partial charge in [-0.3, -0.25) is 4.79 Å². The van der Waals surface area contributed by atoms with Gasteiger partial charge in [0.05, 0.1) is 5.52 Å². The molecule has 1 atom stereocenters. The van der Waals surface area contributed by atoms with Crippen molar-refractivity contribution in [3.63, 3.8) is 0 Å². The fraction of sp³-hybridized carbons (Fsp3) is 0.423. The first-order valence-electron chi connectivity index (χ1n) is 11.2. The summed E-state index contributed by atoms with van der Waals surface area (Å²) in [5.41, 5.74) is 6.10. The molecule has 1 N–H and O–H groups in total. The highest BCUT2D eigenvalue weighted by molar-refractivity contribution is 5.90. The van der Waals surface area contributed by atoms with Crippen molar-refractivity contribution in [3.05, 3.63) is 64.5 Å². The van der Waals surface area contributed by atoms with Crippen LogP contribution in [0.3, 0.4) is 0 Å². The lowest BCUT2D eigenvalue weighted by Crippen LogP contribution is -2.36. The first kappa shape index (κ1) is 21.3. The molecule has 0 radical (unpaired) electrons. The number of amides is 1. The van der Waals surface area contributed by atoms with Crippen LogP contribution in [0.4, 0.5) is 5.82 Å². The summed E-state index contributed by atoms with van der Waals surface area (Å²) in [6, 6.07) is 13.2. The van der Waals surface area contributed by atoms with Crippen molar-refractivity contribution in [2.75, 3.05) is 18.4 Å². The summed E-state index contributed by atoms with van der Waals surface area (Å²) in [4.78, 5) is 23.1. The number of aryl methyl sites for hydroxylation is 3. The van der Waals surface area contributed by atoms with Gasteiger partial charge in [0, 0.05) is 31.4 Å². The summed E-state index contributed by atoms with van der Waals surface area (Å²) in [5, 5.41) is 4.71. The van der Waals surface area contributed by atoms with E-state index < -0.39 is 0 Å². The lowest BCUT2D eigenvalue weighted by atomic mass is 9.86. The summed E-state index contributed by atoms with van der Waals surface area (Å²) >= 11 is 0. The summed E-state index contributed by atoms with van der Waals surface area (Å²) in [7, 11) is 0. The number of carbonyl (C=O) groups excluding carboxylic acids is 1. The molecule has 5 nitrogen and oxygen atoms in total. The highest BCUT2D eigenvalue weighted by atomic mass is 16.2. The zero-order valence-electron chi connectivity index (χ0n) is 19.2. The quantitative estimate of drug-likeness (QED) is 0.614. The summed E-state index contributed by atoms with van der Waals surface area (Å²) < 4.78 is 0. The molecule has 0 unspecified atom stereocenters. The number of likely N-dealkylation sites (tertiary alicyclic amines) is 1. The van der Waals surface area contributed by atoms with Gasteiger partial charge in [-0.05, 0) is 75.3 Å². The van der Waals surface area contributed by atoms with Crippen LogP contribution in [0.15, 0.2) is 36.4 Å². The van der Waals surface area contributed by atoms with Gasteiger partial charge in [-0.2, -0.15) is 0 Å². The van der Waals surface area contributed by atoms with Crippen molar-refractivity contribution in [1.82, 2.24) is 14.9 Å². The Morgan fingerprint density at radius 1 is 1.10 bits per heavy atom. The Morgan fingerprint density at radius 2 is 1.84 bits per heavy atom. The van der Waals surface area contributed by atoms with E-state index in [4.69, 9.17) is 9.97 Å². The van der Waals surface area contributed by atoms with E-state index >= 15 is 0 Å². The maximum absolute atomic E-state index is 11.7. The highest BCUT2D eigenvalue weighted by Crippen LogP contribution is 2.35. The predicted octanol–water partition coefficient (Wildman–Crippen LogP) is 5.45. The van der Waals surface area contributed by atoms with Gasteiger partial charge in [-0.25, -0.2) is 9.97 Å². The minimum Gasteiger partial charge on any atom is -0.363 e. The molecule has 2 heterocycles. The second kappa shape index (κ2) is 8.66. The van der Waals surface area contributed by atoms with Gasteiger partial charge in [0.2, 0.25) is 5.91 Å². The summed E-state index contributed by atoms with van der Waals surface area (Å²) in [6.45, 7) is 11.7. The van der Waals surface area contributed by atoms with Crippen molar-refractivity contribution in [2.24, 2.45) is 0 Å². The third-order valence-electron chi connectivity index (χ3n) is 6.47. The molecule has 1 fully saturated rings. The minimum atomic E-state index is 0.140. The molecule has 31 heavy (non-hydrogen) atoms. The van der Waals surface area contributed by atoms with E-state index in [9.17, 15) is 4.79 Å². The highest BCUT2D eigenvalue weighted by Gasteiger charge is 2.24. The van der Waals surface area contributed by atoms with E-state index in [1.165, 1.54) is 22.3 Å². The van der Waals surface area contributed by atoms with E-state index in [2.05, 4.69) is 62.5 Å². The molecular formula is C26H32N4O. The minimum absolute atomic E-state index is 0.140. The van der Waals surface area contributed by atoms with E-state index in [-0.39, 0.29) is 11.9 Å². The van der Waals surface area contributed by atoms with Gasteiger partial charge in [-0.15, -0.1) is 0 Å². The summed E-state index contributed by atoms with van der Waals surface area (Å²) in [5.74, 6) is 2.30. The smallest absolute Gasteiger partial charge is 0.219 e. The number of benzene rings is 2. The Hall–Kier alpha value is -2.95. The van der Waals surface area contributed by atoms with Crippen molar-refractivity contribution in [1.29, 1.82) is 0 Å². The second-order valence-corrected chi connectivity index (χ2v) is 8.91. The number of hydrogen-bond acceptors (Lipinski definition) is 4. The zero-order valence-corrected chi connectivity index (χ0v) is 19.2. The molecule has 5 heteroatoms. The van der Waals surface area contributed by atoms with Crippen LogP contribution in [0.1, 0.15) is 66.7 Å². The van der Waals surface area contributed by atoms with Crippen molar-refractivity contribution >= 4 is 22.6 Å². The first-order chi connectivity index (χ1) is 14.8. The third-order valence-corrected chi connectivity index (χ3v) is 6.47. The summed E-state index contributed by atoms with van der Waals surface area (Å²) in [6.07, 6.45) is 2.00. The SMILES string of the molecule is CC(=O)N1CCC(c2cc3c(N[C@@H](C)c4cccc(C)c4)nc(C)nc3cc2C)CC1. The molecule has 1 amide bonds. The normalized spacial score (nSPS) is 15.8. The molecule has 0 aliphatic carbocycles. The fourth-order valence-electron chi connectivity index (χ4n) is 4.70. The molecule has 0 bridgehead atoms. The Morgan fingerprint density at radius 3 is 2.52 bits per heavy atom. The Labute approximate surface area is 184 Å². The monoisotopic (exact) mass is 416 g/mol. The van der Waals surface area contributed by atoms with E-state index in [1.54, 1.807) is 6.92 Å². The molecule has 3 aromatic rings. The lowest BCUT2D eigenvalue weighted by molar-refractivity contribution is -0.129. The molecule has 4 rings (SSSR count). The van der Waals surface area contributed by atoms with Gasteiger partial charge >= 0.3 is 0 Å². The maximum Gasteiger partial charge on any atom is 0.219 e. The molecular weight excluding hydrogens is 384 g/mol. The van der Waals surface area contributed by atoms with Crippen LogP contribution in [-0.4, -0.2) is 33.9 Å². The number of fused-ring (bicyclic) bond motifs is 1. The Kier molecular flexibility index (Phi) is 5.94. The molecule has 162 valence electrons. The number of piperidine rings is 1. The van der Waals surface area contributed by atoms with Crippen molar-refractivity contribution < 1.29 is 4.79 Å². The number of rotatable bonds is 4. The number of nitrogens with zero attached hydrogens (tertiary/aromatic N) is 3. The number of anilines is 1. The number of aromatic nitrogens is 2. The van der Waals surface area contributed by atoms with Gasteiger partial charge in [0.1, 0.15) is 11.6 Å². The molecule has 1 aliphatic rings. The van der Waals surface area contributed by atoms with Crippen LogP contribution in [0, 0.1) is 20.8 Å². The molecule has 0 saturated carbocycles. The topological polar surface area (TPSA) is 58.1 Å². The maximum atomic E-state index is 11.7. The van der Waals surface area contributed by atoms with Gasteiger partial charge in [0.15, 0.2) is 0 Å². The molecule has 0 spiro atoms. The number of carbonyl (C=O) groups is 1. The van der Waals surface area contributed by atoms with Crippen molar-refractivity contribution in [2.45, 2.75) is 59.4 Å². The van der Waals surface area contributed by atoms with Crippen LogP contribution in [0.5, 0.6) is 0 Å². The van der Waals surface area contributed by atoms with Crippen LogP contribution in [0.25, 0.3) is 10.9 Å². The molecule has 1 aromatic heterocycles. The second-order valence-electron chi connectivity index (χ2n) is 8.91. The number of nitrogens with one attached hydrogen (secondary N) is 1. The zero-order chi connectivity index (χ0) is 22.1. The Bertz CT molecular complexity index is 1120. The molecule has 1 aliphatic heterocycles. The van der Waals surface area contributed by atoms with Crippen LogP contribution >= 0.6 is 0 Å². The predicted molar refractivity (Wildman–Crippen MR) is 126 cm³/mol. The molecule has 2 aromatic carbocycles. The number of hydrogen-bond donors (Lipinski definition) is 1. The average molecular weight is 417 g/mol. The van der Waals surface area contributed by atoms with Crippen LogP contribution in [-0.2, 0) is 4.79 Å². The lowest BCUT2D eigenvalue weighted by Gasteiger charge is -2.32. The van der Waals surface area contributed by atoms with Crippen molar-refractivity contribution in [3.8, 4) is 0 Å². The average Bonchev–Trinajstić information content (AvgIpc) is 2.73.